The van der Waals surface area contributed by atoms with Crippen LogP contribution in [-0.2, 0) is 0 Å². The molecule has 34 heavy (non-hydrogen) atoms. The zero-order valence-electron chi connectivity index (χ0n) is 18.1. The number of benzene rings is 1. The van der Waals surface area contributed by atoms with Crippen LogP contribution in [0, 0.1) is 18.6 Å². The average molecular weight is 460 g/mol. The van der Waals surface area contributed by atoms with Crippen LogP contribution in [0.25, 0.3) is 33.7 Å². The van der Waals surface area contributed by atoms with E-state index in [1.807, 2.05) is 13.0 Å². The summed E-state index contributed by atoms with van der Waals surface area (Å²) in [5.74, 6) is 0.263. The summed E-state index contributed by atoms with van der Waals surface area (Å²) in [5, 5.41) is 7.92. The Labute approximate surface area is 192 Å². The molecule has 1 atom stereocenters. The minimum absolute atomic E-state index is 0.171. The van der Waals surface area contributed by atoms with Crippen LogP contribution in [0.4, 0.5) is 20.4 Å². The lowest BCUT2D eigenvalue weighted by atomic mass is 10.0. The van der Waals surface area contributed by atoms with Gasteiger partial charge in [-0.15, -0.1) is 0 Å². The number of fused-ring (bicyclic) bond motifs is 1. The number of aryl methyl sites for hydroxylation is 1. The fraction of sp³-hybridized carbons (Fsp3) is 0.130. The van der Waals surface area contributed by atoms with E-state index in [0.29, 0.717) is 45.1 Å². The minimum atomic E-state index is -0.462. The molecule has 0 aliphatic heterocycles. The van der Waals surface area contributed by atoms with E-state index in [1.54, 1.807) is 13.0 Å². The molecule has 11 heteroatoms. The molecule has 0 saturated carbocycles. The monoisotopic (exact) mass is 460 g/mol. The van der Waals surface area contributed by atoms with E-state index in [2.05, 4.69) is 35.4 Å². The van der Waals surface area contributed by atoms with Crippen molar-refractivity contribution in [1.82, 2.24) is 30.1 Å². The smallest absolute Gasteiger partial charge is 0.223 e. The van der Waals surface area contributed by atoms with Gasteiger partial charge in [-0.1, -0.05) is 5.16 Å². The van der Waals surface area contributed by atoms with Crippen molar-refractivity contribution >= 4 is 22.5 Å². The second-order valence-corrected chi connectivity index (χ2v) is 7.61. The van der Waals surface area contributed by atoms with Crippen LogP contribution >= 0.6 is 0 Å². The van der Waals surface area contributed by atoms with Gasteiger partial charge < -0.3 is 15.6 Å². The van der Waals surface area contributed by atoms with Gasteiger partial charge in [-0.25, -0.2) is 23.7 Å². The first-order valence-electron chi connectivity index (χ1n) is 10.3. The molecule has 0 radical (unpaired) electrons. The first-order chi connectivity index (χ1) is 16.4. The molecule has 0 fully saturated rings. The van der Waals surface area contributed by atoms with Gasteiger partial charge in [-0.3, -0.25) is 4.98 Å². The number of nitrogens with one attached hydrogen (secondary N) is 1. The van der Waals surface area contributed by atoms with Crippen LogP contribution in [0.2, 0.25) is 0 Å². The molecule has 3 N–H and O–H groups in total. The molecular formula is C23H18F2N8O. The first kappa shape index (κ1) is 21.3. The highest BCUT2D eigenvalue weighted by Gasteiger charge is 2.22. The summed E-state index contributed by atoms with van der Waals surface area (Å²) < 4.78 is 32.9. The molecule has 0 saturated heterocycles. The van der Waals surface area contributed by atoms with Gasteiger partial charge in [0.25, 0.3) is 0 Å². The number of hydrogen-bond acceptors (Lipinski definition) is 9. The number of nitrogens with zero attached hydrogens (tertiary/aromatic N) is 6. The van der Waals surface area contributed by atoms with Gasteiger partial charge in [0.1, 0.15) is 35.2 Å². The summed E-state index contributed by atoms with van der Waals surface area (Å²) in [6, 6.07) is 8.27. The first-order valence-corrected chi connectivity index (χ1v) is 10.3. The summed E-state index contributed by atoms with van der Waals surface area (Å²) >= 11 is 0. The average Bonchev–Trinajstić information content (AvgIpc) is 3.23. The molecule has 5 rings (SSSR count). The third-order valence-corrected chi connectivity index (χ3v) is 5.22. The van der Waals surface area contributed by atoms with Gasteiger partial charge in [-0.2, -0.15) is 4.98 Å². The van der Waals surface area contributed by atoms with Crippen LogP contribution in [-0.4, -0.2) is 30.1 Å². The summed E-state index contributed by atoms with van der Waals surface area (Å²) in [7, 11) is 0. The van der Waals surface area contributed by atoms with Crippen molar-refractivity contribution in [2.75, 3.05) is 11.1 Å². The van der Waals surface area contributed by atoms with Gasteiger partial charge >= 0.3 is 0 Å². The molecule has 5 aromatic rings. The molecule has 4 heterocycles. The second kappa shape index (κ2) is 8.43. The Hall–Kier alpha value is -4.54. The van der Waals surface area contributed by atoms with Crippen molar-refractivity contribution in [1.29, 1.82) is 0 Å². The molecule has 0 spiro atoms. The number of nitrogens with two attached hydrogens (primary N) is 1. The number of anilines is 2. The SMILES string of the molecule is Cc1nc(-c2c(N)ncnc2NC(C)c2cc3ccc(F)cc3nc2-c2cc(F)ccn2)no1. The lowest BCUT2D eigenvalue weighted by Crippen LogP contribution is -2.13. The number of aromatic nitrogens is 6. The Morgan fingerprint density at radius 3 is 2.59 bits per heavy atom. The summed E-state index contributed by atoms with van der Waals surface area (Å²) in [4.78, 5) is 21.5. The van der Waals surface area contributed by atoms with Crippen LogP contribution < -0.4 is 11.1 Å². The topological polar surface area (TPSA) is 129 Å². The van der Waals surface area contributed by atoms with Crippen LogP contribution in [0.5, 0.6) is 0 Å². The lowest BCUT2D eigenvalue weighted by Gasteiger charge is -2.20. The number of rotatable bonds is 5. The van der Waals surface area contributed by atoms with Crippen LogP contribution in [0.15, 0.2) is 53.4 Å². The van der Waals surface area contributed by atoms with E-state index < -0.39 is 17.7 Å². The standard InChI is InChI=1S/C23H18F2N8O/c1-11(30-22-19(21(26)28-10-29-22)23-31-12(2)34-33-23)16-7-13-3-4-14(24)8-17(13)32-20(16)18-9-15(25)5-6-27-18/h3-11H,1-2H3,(H3,26,28,29,30). The van der Waals surface area contributed by atoms with E-state index in [4.69, 9.17) is 10.3 Å². The van der Waals surface area contributed by atoms with Crippen molar-refractivity contribution in [3.05, 3.63) is 72.0 Å². The van der Waals surface area contributed by atoms with Gasteiger partial charge in [0.2, 0.25) is 11.7 Å². The van der Waals surface area contributed by atoms with Crippen molar-refractivity contribution in [3.8, 4) is 22.8 Å². The summed E-state index contributed by atoms with van der Waals surface area (Å²) in [6.45, 7) is 3.53. The Kier molecular flexibility index (Phi) is 5.28. The van der Waals surface area contributed by atoms with Gasteiger partial charge in [-0.05, 0) is 31.2 Å². The number of halogens is 2. The molecule has 170 valence electrons. The molecule has 9 nitrogen and oxygen atoms in total. The van der Waals surface area contributed by atoms with Crippen molar-refractivity contribution < 1.29 is 13.3 Å². The third kappa shape index (κ3) is 3.98. The Morgan fingerprint density at radius 1 is 1.00 bits per heavy atom. The minimum Gasteiger partial charge on any atom is -0.383 e. The maximum Gasteiger partial charge on any atom is 0.223 e. The summed E-state index contributed by atoms with van der Waals surface area (Å²) in [6.07, 6.45) is 2.67. The second-order valence-electron chi connectivity index (χ2n) is 7.61. The number of hydrogen-bond donors (Lipinski definition) is 2. The van der Waals surface area contributed by atoms with Gasteiger partial charge in [0.15, 0.2) is 0 Å². The Bertz CT molecular complexity index is 1520. The zero-order chi connectivity index (χ0) is 23.8. The molecule has 1 unspecified atom stereocenters. The largest absolute Gasteiger partial charge is 0.383 e. The van der Waals surface area contributed by atoms with Crippen molar-refractivity contribution in [2.45, 2.75) is 19.9 Å². The highest BCUT2D eigenvalue weighted by molar-refractivity contribution is 5.84. The molecular weight excluding hydrogens is 442 g/mol. The molecule has 0 aliphatic rings. The highest BCUT2D eigenvalue weighted by atomic mass is 19.1. The third-order valence-electron chi connectivity index (χ3n) is 5.22. The van der Waals surface area contributed by atoms with Crippen molar-refractivity contribution in [3.63, 3.8) is 0 Å². The van der Waals surface area contributed by atoms with E-state index in [-0.39, 0.29) is 11.6 Å². The van der Waals surface area contributed by atoms with Gasteiger partial charge in [0, 0.05) is 36.2 Å². The van der Waals surface area contributed by atoms with E-state index in [0.717, 1.165) is 0 Å². The fourth-order valence-corrected chi connectivity index (χ4v) is 3.64. The van der Waals surface area contributed by atoms with Crippen LogP contribution in [0.1, 0.15) is 24.4 Å². The quantitative estimate of drug-likeness (QED) is 0.390. The Balaban J connectivity index is 1.63. The van der Waals surface area contributed by atoms with E-state index >= 15 is 0 Å². The van der Waals surface area contributed by atoms with E-state index in [9.17, 15) is 8.78 Å². The zero-order valence-corrected chi connectivity index (χ0v) is 18.1. The van der Waals surface area contributed by atoms with E-state index in [1.165, 1.54) is 36.8 Å². The molecule has 0 bridgehead atoms. The summed E-state index contributed by atoms with van der Waals surface area (Å²) in [5.41, 5.74) is 8.29. The fourth-order valence-electron chi connectivity index (χ4n) is 3.64. The highest BCUT2D eigenvalue weighted by Crippen LogP contribution is 2.34. The Morgan fingerprint density at radius 2 is 1.82 bits per heavy atom. The predicted molar refractivity (Wildman–Crippen MR) is 121 cm³/mol. The molecule has 0 aliphatic carbocycles. The lowest BCUT2D eigenvalue weighted by molar-refractivity contribution is 0.394. The number of nitrogen functional groups attached to an aromatic ring is 1. The van der Waals surface area contributed by atoms with Crippen LogP contribution in [0.3, 0.4) is 0 Å². The number of pyridine rings is 2. The molecule has 1 aromatic carbocycles. The molecule has 0 amide bonds. The molecule has 4 aromatic heterocycles. The normalized spacial score (nSPS) is 12.1. The van der Waals surface area contributed by atoms with Gasteiger partial charge in [0.05, 0.1) is 22.9 Å². The predicted octanol–water partition coefficient (Wildman–Crippen LogP) is 4.48. The van der Waals surface area contributed by atoms with Crippen molar-refractivity contribution in [2.24, 2.45) is 0 Å². The maximum atomic E-state index is 14.0. The maximum absolute atomic E-state index is 14.0.